The molecule has 2 N–H and O–H groups in total. The zero-order valence-corrected chi connectivity index (χ0v) is 18.3. The molecule has 6 heteroatoms. The van der Waals surface area contributed by atoms with Gasteiger partial charge in [0.2, 0.25) is 0 Å². The van der Waals surface area contributed by atoms with Gasteiger partial charge in [0, 0.05) is 6.42 Å². The Kier molecular flexibility index (Phi) is 14.2. The van der Waals surface area contributed by atoms with Crippen LogP contribution in [0, 0.1) is 5.92 Å². The Labute approximate surface area is 180 Å². The van der Waals surface area contributed by atoms with E-state index in [1.54, 1.807) is 0 Å². The van der Waals surface area contributed by atoms with Gasteiger partial charge in [0.1, 0.15) is 0 Å². The molecule has 0 aromatic heterocycles. The smallest absolute Gasteiger partial charge is 0.306 e. The van der Waals surface area contributed by atoms with Gasteiger partial charge in [-0.15, -0.1) is 0 Å². The van der Waals surface area contributed by atoms with Gasteiger partial charge in [0.15, 0.2) is 11.5 Å². The highest BCUT2D eigenvalue weighted by Crippen LogP contribution is 2.27. The van der Waals surface area contributed by atoms with Crippen molar-refractivity contribution in [2.24, 2.45) is 5.92 Å². The fourth-order valence-corrected chi connectivity index (χ4v) is 3.33. The van der Waals surface area contributed by atoms with Crippen molar-refractivity contribution in [3.63, 3.8) is 0 Å². The lowest BCUT2D eigenvalue weighted by molar-refractivity contribution is -0.142. The molecule has 0 saturated heterocycles. The van der Waals surface area contributed by atoms with Crippen LogP contribution >= 0.6 is 0 Å². The number of hydrogen-bond acceptors (Lipinski definition) is 4. The molecule has 6 nitrogen and oxygen atoms in total. The third-order valence-electron chi connectivity index (χ3n) is 5.19. The van der Waals surface area contributed by atoms with Crippen LogP contribution in [0.1, 0.15) is 84.0 Å². The number of rotatable bonds is 19. The molecule has 1 unspecified atom stereocenters. The average Bonchev–Trinajstić information content (AvgIpc) is 2.72. The molecule has 0 saturated carbocycles. The molecule has 0 spiro atoms. The molecule has 1 atom stereocenters. The fraction of sp³-hybridized carbons (Fsp3) is 0.667. The zero-order chi connectivity index (χ0) is 22.0. The Bertz CT molecular complexity index is 601. The maximum atomic E-state index is 11.0. The Morgan fingerprint density at radius 3 is 1.80 bits per heavy atom. The van der Waals surface area contributed by atoms with E-state index in [0.717, 1.165) is 38.5 Å². The lowest BCUT2D eigenvalue weighted by Gasteiger charge is -2.12. The van der Waals surface area contributed by atoms with Gasteiger partial charge in [-0.3, -0.25) is 9.59 Å². The first-order valence-corrected chi connectivity index (χ1v) is 11.3. The highest BCUT2D eigenvalue weighted by atomic mass is 16.5. The Morgan fingerprint density at radius 2 is 1.30 bits per heavy atom. The second-order valence-corrected chi connectivity index (χ2v) is 7.70. The van der Waals surface area contributed by atoms with Crippen LogP contribution in [0.25, 0.3) is 0 Å². The van der Waals surface area contributed by atoms with Gasteiger partial charge >= 0.3 is 11.9 Å². The maximum absolute atomic E-state index is 11.0. The minimum absolute atomic E-state index is 0.102. The molecule has 1 rings (SSSR count). The van der Waals surface area contributed by atoms with Crippen LogP contribution in [0.3, 0.4) is 0 Å². The van der Waals surface area contributed by atoms with Crippen molar-refractivity contribution < 1.29 is 29.3 Å². The number of ether oxygens (including phenoxy) is 2. The molecular weight excluding hydrogens is 384 g/mol. The van der Waals surface area contributed by atoms with Gasteiger partial charge in [0.25, 0.3) is 0 Å². The van der Waals surface area contributed by atoms with Crippen molar-refractivity contribution >= 4 is 11.9 Å². The Hall–Kier alpha value is -2.24. The summed E-state index contributed by atoms with van der Waals surface area (Å²) >= 11 is 0. The molecule has 0 aliphatic carbocycles. The summed E-state index contributed by atoms with van der Waals surface area (Å²) in [6.45, 7) is 2.95. The van der Waals surface area contributed by atoms with E-state index < -0.39 is 11.9 Å². The summed E-state index contributed by atoms with van der Waals surface area (Å²) in [7, 11) is 0. The molecule has 0 fully saturated rings. The maximum Gasteiger partial charge on any atom is 0.306 e. The molecule has 0 radical (unpaired) electrons. The summed E-state index contributed by atoms with van der Waals surface area (Å²) in [5, 5.41) is 17.7. The first-order valence-electron chi connectivity index (χ1n) is 11.3. The van der Waals surface area contributed by atoms with Crippen LogP contribution in [0.2, 0.25) is 0 Å². The Balaban J connectivity index is 2.04. The van der Waals surface area contributed by atoms with Crippen LogP contribution in [0.4, 0.5) is 0 Å². The third kappa shape index (κ3) is 12.3. The molecule has 1 aromatic carbocycles. The number of unbranched alkanes of at least 4 members (excludes halogenated alkanes) is 7. The van der Waals surface area contributed by atoms with Gasteiger partial charge in [-0.05, 0) is 37.8 Å². The summed E-state index contributed by atoms with van der Waals surface area (Å²) in [6.07, 6.45) is 11.1. The van der Waals surface area contributed by atoms with Gasteiger partial charge in [0.05, 0.1) is 19.1 Å². The summed E-state index contributed by atoms with van der Waals surface area (Å²) in [4.78, 5) is 21.5. The van der Waals surface area contributed by atoms with E-state index in [4.69, 9.17) is 19.7 Å². The van der Waals surface area contributed by atoms with Crippen LogP contribution in [-0.4, -0.2) is 35.4 Å². The van der Waals surface area contributed by atoms with E-state index in [1.165, 1.54) is 25.7 Å². The number of aliphatic carboxylic acids is 2. The van der Waals surface area contributed by atoms with Crippen LogP contribution < -0.4 is 9.47 Å². The van der Waals surface area contributed by atoms with Crippen molar-refractivity contribution in [1.82, 2.24) is 0 Å². The molecule has 0 amide bonds. The number of hydrogen-bond donors (Lipinski definition) is 2. The van der Waals surface area contributed by atoms with Crippen molar-refractivity contribution in [2.75, 3.05) is 13.2 Å². The molecule has 0 bridgehead atoms. The van der Waals surface area contributed by atoms with Gasteiger partial charge < -0.3 is 19.7 Å². The summed E-state index contributed by atoms with van der Waals surface area (Å²) < 4.78 is 11.5. The number of carboxylic acid groups (broad SMARTS) is 2. The lowest BCUT2D eigenvalue weighted by Crippen LogP contribution is -2.12. The quantitative estimate of drug-likeness (QED) is 0.268. The standard InChI is InChI=1S/C24H38O6/c1-2-20(24(27)28)14-9-7-5-3-4-6-8-12-18-29-21-15-10-11-16-22(21)30-19-13-17-23(25)26/h10-11,15-16,20H,2-9,12-14,17-19H2,1H3,(H,25,26)(H,27,28). The summed E-state index contributed by atoms with van der Waals surface area (Å²) in [5.74, 6) is -0.278. The number of benzene rings is 1. The largest absolute Gasteiger partial charge is 0.490 e. The van der Waals surface area contributed by atoms with E-state index in [9.17, 15) is 9.59 Å². The SMILES string of the molecule is CCC(CCCCCCCCCCOc1ccccc1OCCCC(=O)O)C(=O)O. The van der Waals surface area contributed by atoms with Crippen molar-refractivity contribution in [3.8, 4) is 11.5 Å². The molecular formula is C24H38O6. The molecule has 30 heavy (non-hydrogen) atoms. The first-order chi connectivity index (χ1) is 14.5. The molecule has 0 aliphatic heterocycles. The third-order valence-corrected chi connectivity index (χ3v) is 5.19. The van der Waals surface area contributed by atoms with Crippen LogP contribution in [0.15, 0.2) is 24.3 Å². The monoisotopic (exact) mass is 422 g/mol. The second-order valence-electron chi connectivity index (χ2n) is 7.70. The molecule has 0 heterocycles. The van der Waals surface area contributed by atoms with Crippen molar-refractivity contribution in [3.05, 3.63) is 24.3 Å². The van der Waals surface area contributed by atoms with E-state index in [2.05, 4.69) is 0 Å². The topological polar surface area (TPSA) is 93.1 Å². The van der Waals surface area contributed by atoms with Gasteiger partial charge in [-0.25, -0.2) is 0 Å². The van der Waals surface area contributed by atoms with Crippen LogP contribution in [0.5, 0.6) is 11.5 Å². The van der Waals surface area contributed by atoms with Crippen molar-refractivity contribution in [2.45, 2.75) is 84.0 Å². The van der Waals surface area contributed by atoms with Crippen LogP contribution in [-0.2, 0) is 9.59 Å². The van der Waals surface area contributed by atoms with E-state index in [0.29, 0.717) is 31.1 Å². The zero-order valence-electron chi connectivity index (χ0n) is 18.3. The minimum atomic E-state index is -0.813. The predicted octanol–water partition coefficient (Wildman–Crippen LogP) is 5.93. The normalized spacial score (nSPS) is 11.8. The second kappa shape index (κ2) is 16.5. The average molecular weight is 423 g/mol. The molecule has 170 valence electrons. The lowest BCUT2D eigenvalue weighted by atomic mass is 9.98. The highest BCUT2D eigenvalue weighted by molar-refractivity contribution is 5.69. The Morgan fingerprint density at radius 1 is 0.800 bits per heavy atom. The first kappa shape index (κ1) is 25.8. The number of carbonyl (C=O) groups is 2. The number of carboxylic acids is 2. The van der Waals surface area contributed by atoms with Gasteiger partial charge in [-0.1, -0.05) is 64.0 Å². The molecule has 0 aliphatic rings. The number of para-hydroxylation sites is 2. The van der Waals surface area contributed by atoms with Gasteiger partial charge in [-0.2, -0.15) is 0 Å². The fourth-order valence-electron chi connectivity index (χ4n) is 3.33. The van der Waals surface area contributed by atoms with E-state index >= 15 is 0 Å². The molecule has 1 aromatic rings. The highest BCUT2D eigenvalue weighted by Gasteiger charge is 2.13. The predicted molar refractivity (Wildman–Crippen MR) is 117 cm³/mol. The summed E-state index contributed by atoms with van der Waals surface area (Å²) in [6, 6.07) is 7.50. The van der Waals surface area contributed by atoms with Crippen molar-refractivity contribution in [1.29, 1.82) is 0 Å². The minimum Gasteiger partial charge on any atom is -0.490 e. The van der Waals surface area contributed by atoms with E-state index in [-0.39, 0.29) is 12.3 Å². The summed E-state index contributed by atoms with van der Waals surface area (Å²) in [5.41, 5.74) is 0. The van der Waals surface area contributed by atoms with E-state index in [1.807, 2.05) is 31.2 Å².